The number of ether oxygens (including phenoxy) is 2. The highest BCUT2D eigenvalue weighted by atomic mass is 31.2. The van der Waals surface area contributed by atoms with Crippen LogP contribution >= 0.6 is 7.75 Å². The molecule has 2 aromatic heterocycles. The number of carbonyl (C=O) groups excluding carboxylic acids is 1. The Balaban J connectivity index is 1.56. The number of aliphatic hydroxyl groups is 1. The second-order valence-electron chi connectivity index (χ2n) is 9.43. The van der Waals surface area contributed by atoms with Gasteiger partial charge in [0.1, 0.15) is 24.0 Å². The molecule has 1 saturated heterocycles. The van der Waals surface area contributed by atoms with Gasteiger partial charge in [-0.2, -0.15) is 10.1 Å². The van der Waals surface area contributed by atoms with Crippen LogP contribution < -0.4 is 20.9 Å². The van der Waals surface area contributed by atoms with E-state index in [4.69, 9.17) is 24.3 Å². The number of aromatic amines is 1. The molecule has 3 aromatic rings. The lowest BCUT2D eigenvalue weighted by molar-refractivity contribution is -0.149. The Kier molecular flexibility index (Phi) is 8.09. The van der Waals surface area contributed by atoms with Crippen LogP contribution in [0.5, 0.6) is 5.75 Å². The number of halogens is 1. The topological polar surface area (TPSA) is 193 Å². The number of hydrogen-bond acceptors (Lipinski definition) is 11. The molecule has 0 spiro atoms. The summed E-state index contributed by atoms with van der Waals surface area (Å²) in [5.74, 6) is -0.756. The molecule has 0 radical (unpaired) electrons. The predicted molar refractivity (Wildman–Crippen MR) is 136 cm³/mol. The van der Waals surface area contributed by atoms with Gasteiger partial charge in [0.2, 0.25) is 5.95 Å². The molecule has 3 heterocycles. The van der Waals surface area contributed by atoms with Gasteiger partial charge in [0.05, 0.1) is 19.0 Å². The minimum absolute atomic E-state index is 0.0591. The van der Waals surface area contributed by atoms with Gasteiger partial charge in [-0.05, 0) is 39.8 Å². The van der Waals surface area contributed by atoms with Crippen LogP contribution in [0.2, 0.25) is 0 Å². The van der Waals surface area contributed by atoms with Crippen molar-refractivity contribution in [3.05, 3.63) is 47.0 Å². The number of benzene rings is 1. The van der Waals surface area contributed by atoms with Crippen molar-refractivity contribution in [2.75, 3.05) is 12.3 Å². The van der Waals surface area contributed by atoms with E-state index in [-0.39, 0.29) is 22.9 Å². The average molecular weight is 568 g/mol. The van der Waals surface area contributed by atoms with Crippen LogP contribution in [0.25, 0.3) is 11.2 Å². The fourth-order valence-corrected chi connectivity index (χ4v) is 5.47. The van der Waals surface area contributed by atoms with Gasteiger partial charge in [0.15, 0.2) is 23.1 Å². The maximum absolute atomic E-state index is 15.8. The van der Waals surface area contributed by atoms with Crippen LogP contribution in [-0.2, 0) is 23.4 Å². The molecule has 1 aliphatic rings. The molecule has 1 fully saturated rings. The second-order valence-corrected chi connectivity index (χ2v) is 11.1. The molecule has 14 nitrogen and oxygen atoms in total. The third kappa shape index (κ3) is 6.12. The third-order valence-electron chi connectivity index (χ3n) is 5.86. The van der Waals surface area contributed by atoms with E-state index in [2.05, 4.69) is 20.0 Å². The number of nitrogens with two attached hydrogens (primary N) is 1. The summed E-state index contributed by atoms with van der Waals surface area (Å²) >= 11 is 0. The summed E-state index contributed by atoms with van der Waals surface area (Å²) in [6.07, 6.45) is -3.90. The highest BCUT2D eigenvalue weighted by Crippen LogP contribution is 2.48. The molecule has 1 aromatic carbocycles. The lowest BCUT2D eigenvalue weighted by Crippen LogP contribution is -2.41. The first kappa shape index (κ1) is 28.6. The molecule has 39 heavy (non-hydrogen) atoms. The van der Waals surface area contributed by atoms with Gasteiger partial charge in [-0.1, -0.05) is 18.2 Å². The van der Waals surface area contributed by atoms with Crippen LogP contribution in [0.1, 0.15) is 33.9 Å². The van der Waals surface area contributed by atoms with Crippen molar-refractivity contribution in [2.45, 2.75) is 63.9 Å². The zero-order chi connectivity index (χ0) is 28.5. The largest absolute Gasteiger partial charge is 0.462 e. The monoisotopic (exact) mass is 568 g/mol. The number of nitrogens with one attached hydrogen (secondary N) is 2. The zero-order valence-corrected chi connectivity index (χ0v) is 22.5. The van der Waals surface area contributed by atoms with Crippen molar-refractivity contribution in [1.82, 2.24) is 24.6 Å². The van der Waals surface area contributed by atoms with Crippen molar-refractivity contribution in [2.24, 2.45) is 0 Å². The number of nitrogen functional groups attached to an aromatic ring is 1. The second kappa shape index (κ2) is 11.0. The fourth-order valence-electron chi connectivity index (χ4n) is 3.97. The first-order chi connectivity index (χ1) is 18.3. The van der Waals surface area contributed by atoms with Gasteiger partial charge < -0.3 is 24.8 Å². The molecule has 0 aliphatic carbocycles. The number of carbonyl (C=O) groups is 1. The smallest absolute Gasteiger partial charge is 0.459 e. The molecular formula is C23H30FN6O8P. The molecule has 5 N–H and O–H groups in total. The normalized spacial score (nSPS) is 25.5. The van der Waals surface area contributed by atoms with Gasteiger partial charge in [-0.15, -0.1) is 0 Å². The fraction of sp³-hybridized carbons (Fsp3) is 0.478. The van der Waals surface area contributed by atoms with Crippen LogP contribution in [0.4, 0.5) is 10.3 Å². The molecule has 16 heteroatoms. The molecule has 6 atom stereocenters. The summed E-state index contributed by atoms with van der Waals surface area (Å²) in [5, 5.41) is 13.3. The quantitative estimate of drug-likeness (QED) is 0.205. The van der Waals surface area contributed by atoms with Crippen LogP contribution in [0, 0.1) is 0 Å². The van der Waals surface area contributed by atoms with Gasteiger partial charge >= 0.3 is 13.7 Å². The van der Waals surface area contributed by atoms with E-state index in [1.54, 1.807) is 32.0 Å². The lowest BCUT2D eigenvalue weighted by atomic mass is 9.98. The first-order valence-corrected chi connectivity index (χ1v) is 13.6. The summed E-state index contributed by atoms with van der Waals surface area (Å²) in [6, 6.07) is 6.93. The zero-order valence-electron chi connectivity index (χ0n) is 21.6. The van der Waals surface area contributed by atoms with Gasteiger partial charge in [0.25, 0.3) is 5.56 Å². The molecule has 0 amide bonds. The Labute approximate surface area is 222 Å². The Bertz CT molecular complexity index is 1430. The number of para-hydroxylation sites is 1. The maximum atomic E-state index is 15.8. The SMILES string of the molecule is CC(C)OC(=O)[C@@H](C)N[P@](=O)(OC[C@H]1O[C@@H](n2cnc3c(=O)[nH]c(N)nc32)[C@](C)(F)[C@@H]1O)Oc1ccccc1. The van der Waals surface area contributed by atoms with E-state index in [9.17, 15) is 19.3 Å². The highest BCUT2D eigenvalue weighted by molar-refractivity contribution is 7.52. The minimum atomic E-state index is -4.31. The summed E-state index contributed by atoms with van der Waals surface area (Å²) in [4.78, 5) is 34.7. The van der Waals surface area contributed by atoms with Crippen LogP contribution in [-0.4, -0.2) is 67.2 Å². The summed E-state index contributed by atoms with van der Waals surface area (Å²) in [7, 11) is -4.31. The van der Waals surface area contributed by atoms with E-state index < -0.39 is 62.1 Å². The van der Waals surface area contributed by atoms with E-state index >= 15 is 4.39 Å². The number of anilines is 1. The molecule has 0 bridgehead atoms. The summed E-state index contributed by atoms with van der Waals surface area (Å²) in [5.41, 5.74) is 2.40. The summed E-state index contributed by atoms with van der Waals surface area (Å²) < 4.78 is 52.6. The van der Waals surface area contributed by atoms with Crippen LogP contribution in [0.3, 0.4) is 0 Å². The van der Waals surface area contributed by atoms with Crippen LogP contribution in [0.15, 0.2) is 41.5 Å². The number of rotatable bonds is 10. The first-order valence-electron chi connectivity index (χ1n) is 12.0. The Morgan fingerprint density at radius 2 is 2.05 bits per heavy atom. The Morgan fingerprint density at radius 3 is 2.72 bits per heavy atom. The van der Waals surface area contributed by atoms with E-state index in [1.807, 2.05) is 0 Å². The number of esters is 1. The number of hydrogen-bond donors (Lipinski definition) is 4. The third-order valence-corrected chi connectivity index (χ3v) is 7.50. The Hall–Kier alpha value is -3.36. The molecule has 0 saturated carbocycles. The van der Waals surface area contributed by atoms with Crippen molar-refractivity contribution in [3.63, 3.8) is 0 Å². The molecule has 1 aliphatic heterocycles. The maximum Gasteiger partial charge on any atom is 0.459 e. The molecule has 0 unspecified atom stereocenters. The molecular weight excluding hydrogens is 538 g/mol. The predicted octanol–water partition coefficient (Wildman–Crippen LogP) is 1.82. The number of aromatic nitrogens is 4. The van der Waals surface area contributed by atoms with Gasteiger partial charge in [-0.25, -0.2) is 13.9 Å². The van der Waals surface area contributed by atoms with E-state index in [0.717, 1.165) is 17.8 Å². The number of imidazole rings is 1. The van der Waals surface area contributed by atoms with Gasteiger partial charge in [-0.3, -0.25) is 23.7 Å². The number of nitrogens with zero attached hydrogens (tertiary/aromatic N) is 3. The van der Waals surface area contributed by atoms with Crippen molar-refractivity contribution in [3.8, 4) is 5.75 Å². The van der Waals surface area contributed by atoms with Gasteiger partial charge in [0, 0.05) is 0 Å². The standard InChI is InChI=1S/C23H30FN6O8P/c1-12(2)36-20(33)13(3)29-39(34,38-14-8-6-5-7-9-14)35-10-15-17(31)23(4,24)21(37-15)30-11-26-16-18(30)27-22(25)28-19(16)32/h5-9,11-13,15,17,21,31H,10H2,1-4H3,(H,29,34)(H3,25,27,28,32)/t13-,15-,17-,21-,23-,39+/m1/s1. The van der Waals surface area contributed by atoms with E-state index in [0.29, 0.717) is 0 Å². The minimum Gasteiger partial charge on any atom is -0.462 e. The van der Waals surface area contributed by atoms with Crippen molar-refractivity contribution in [1.29, 1.82) is 0 Å². The van der Waals surface area contributed by atoms with E-state index in [1.165, 1.54) is 19.1 Å². The number of fused-ring (bicyclic) bond motifs is 1. The molecule has 4 rings (SSSR count). The molecule has 212 valence electrons. The number of aliphatic hydroxyl groups excluding tert-OH is 1. The highest BCUT2D eigenvalue weighted by Gasteiger charge is 2.56. The average Bonchev–Trinajstić information content (AvgIpc) is 3.36. The number of H-pyrrole nitrogens is 1. The lowest BCUT2D eigenvalue weighted by Gasteiger charge is -2.25. The number of alkyl halides is 1. The van der Waals surface area contributed by atoms with Crippen molar-refractivity contribution < 1.29 is 37.4 Å². The Morgan fingerprint density at radius 1 is 1.36 bits per heavy atom. The van der Waals surface area contributed by atoms with Crippen molar-refractivity contribution >= 4 is 30.8 Å². The summed E-state index contributed by atoms with van der Waals surface area (Å²) in [6.45, 7) is 5.22.